The molecule has 2 aromatic heterocycles. The van der Waals surface area contributed by atoms with E-state index in [0.717, 1.165) is 12.8 Å². The van der Waals surface area contributed by atoms with Gasteiger partial charge < -0.3 is 15.2 Å². The van der Waals surface area contributed by atoms with E-state index in [1.807, 2.05) is 25.2 Å². The molecule has 2 bridgehead atoms. The smallest absolute Gasteiger partial charge is 0.261 e. The number of carbonyl (C=O) groups excluding carboxylic acids is 1. The second-order valence-corrected chi connectivity index (χ2v) is 7.01. The van der Waals surface area contributed by atoms with Crippen LogP contribution in [0.15, 0.2) is 41.3 Å². The molecule has 2 saturated heterocycles. The Morgan fingerprint density at radius 3 is 2.41 bits per heavy atom. The number of pyridine rings is 2. The van der Waals surface area contributed by atoms with Crippen LogP contribution in [0.1, 0.15) is 36.0 Å². The van der Waals surface area contributed by atoms with Gasteiger partial charge >= 0.3 is 0 Å². The molecule has 6 nitrogen and oxygen atoms in total. The Balaban J connectivity index is 0.00000131. The number of aromatic amines is 1. The third-order valence-corrected chi connectivity index (χ3v) is 5.40. The highest BCUT2D eigenvalue weighted by atomic mass is 35.5. The molecule has 0 spiro atoms. The molecule has 146 valence electrons. The van der Waals surface area contributed by atoms with E-state index >= 15 is 0 Å². The minimum Gasteiger partial charge on any atom is -0.338 e. The van der Waals surface area contributed by atoms with Gasteiger partial charge in [-0.05, 0) is 49.9 Å². The van der Waals surface area contributed by atoms with Gasteiger partial charge in [0.25, 0.3) is 11.5 Å². The van der Waals surface area contributed by atoms with Crippen molar-refractivity contribution in [1.29, 1.82) is 0 Å². The summed E-state index contributed by atoms with van der Waals surface area (Å²) in [5.41, 5.74) is 1.12. The third kappa shape index (κ3) is 4.34. The summed E-state index contributed by atoms with van der Waals surface area (Å²) in [5.74, 6) is -0.208. The number of H-pyrrole nitrogens is 1. The molecule has 4 heterocycles. The average molecular weight is 411 g/mol. The van der Waals surface area contributed by atoms with E-state index in [0.29, 0.717) is 23.5 Å². The fraction of sp³-hybridized carbons (Fsp3) is 0.421. The van der Waals surface area contributed by atoms with Gasteiger partial charge in [0.05, 0.1) is 11.4 Å². The van der Waals surface area contributed by atoms with Gasteiger partial charge in [-0.25, -0.2) is 0 Å². The number of nitrogens with one attached hydrogen (secondary N) is 2. The minimum atomic E-state index is -0.364. The molecule has 2 aliphatic rings. The maximum Gasteiger partial charge on any atom is 0.261 e. The van der Waals surface area contributed by atoms with Crippen LogP contribution in [0.25, 0.3) is 11.4 Å². The first kappa shape index (κ1) is 21.4. The van der Waals surface area contributed by atoms with E-state index in [2.05, 4.69) is 15.3 Å². The number of halogens is 2. The van der Waals surface area contributed by atoms with Crippen molar-refractivity contribution in [1.82, 2.24) is 20.2 Å². The van der Waals surface area contributed by atoms with Gasteiger partial charge in [0.2, 0.25) is 0 Å². The molecule has 8 heteroatoms. The summed E-state index contributed by atoms with van der Waals surface area (Å²) in [6, 6.07) is 10.1. The lowest BCUT2D eigenvalue weighted by molar-refractivity contribution is 0.0680. The highest BCUT2D eigenvalue weighted by molar-refractivity contribution is 5.94. The highest BCUT2D eigenvalue weighted by Crippen LogP contribution is 2.29. The monoisotopic (exact) mass is 410 g/mol. The fourth-order valence-electron chi connectivity index (χ4n) is 4.01. The Kier molecular flexibility index (Phi) is 7.03. The molecule has 0 aromatic carbocycles. The number of nitrogens with zero attached hydrogens (tertiary/aromatic N) is 2. The van der Waals surface area contributed by atoms with Crippen LogP contribution in [0.2, 0.25) is 0 Å². The number of carbonyl (C=O) groups is 1. The SMILES string of the molecule is CN(C(=O)c1ccc(-c2ccccn2)[nH]c1=O)C1CC2CCC(C1)N2.Cl.Cl. The van der Waals surface area contributed by atoms with Gasteiger partial charge in [-0.3, -0.25) is 14.6 Å². The molecule has 2 atom stereocenters. The van der Waals surface area contributed by atoms with Crippen LogP contribution < -0.4 is 10.9 Å². The quantitative estimate of drug-likeness (QED) is 0.814. The Bertz CT molecular complexity index is 831. The zero-order chi connectivity index (χ0) is 17.4. The normalized spacial score (nSPS) is 23.1. The second kappa shape index (κ2) is 8.87. The molecule has 0 saturated carbocycles. The maximum absolute atomic E-state index is 12.8. The van der Waals surface area contributed by atoms with Crippen molar-refractivity contribution in [3.8, 4) is 11.4 Å². The van der Waals surface area contributed by atoms with Crippen LogP contribution in [0.4, 0.5) is 0 Å². The summed E-state index contributed by atoms with van der Waals surface area (Å²) >= 11 is 0. The van der Waals surface area contributed by atoms with Crippen LogP contribution in [0.5, 0.6) is 0 Å². The van der Waals surface area contributed by atoms with Crippen molar-refractivity contribution < 1.29 is 4.79 Å². The molecular formula is C19H24Cl2N4O2. The van der Waals surface area contributed by atoms with Crippen molar-refractivity contribution in [2.24, 2.45) is 0 Å². The standard InChI is InChI=1S/C19H22N4O2.2ClH/c1-23(14-10-12-5-6-13(11-14)21-12)19(25)15-7-8-17(22-18(15)24)16-4-2-3-9-20-16;;/h2-4,7-9,12-14,21H,5-6,10-11H2,1H3,(H,22,24);2*1H. The highest BCUT2D eigenvalue weighted by Gasteiger charge is 2.36. The number of rotatable bonds is 3. The zero-order valence-electron chi connectivity index (χ0n) is 15.1. The maximum atomic E-state index is 12.8. The molecule has 0 aliphatic carbocycles. The van der Waals surface area contributed by atoms with Crippen molar-refractivity contribution in [3.63, 3.8) is 0 Å². The number of amides is 1. The Hall–Kier alpha value is -1.89. The van der Waals surface area contributed by atoms with Crippen LogP contribution in [0, 0.1) is 0 Å². The van der Waals surface area contributed by atoms with Gasteiger partial charge in [0.1, 0.15) is 5.56 Å². The van der Waals surface area contributed by atoms with Crippen molar-refractivity contribution in [3.05, 3.63) is 52.4 Å². The van der Waals surface area contributed by atoms with Crippen molar-refractivity contribution in [2.75, 3.05) is 7.05 Å². The number of fused-ring (bicyclic) bond motifs is 2. The molecule has 1 amide bonds. The Morgan fingerprint density at radius 1 is 1.11 bits per heavy atom. The first-order valence-electron chi connectivity index (χ1n) is 8.80. The van der Waals surface area contributed by atoms with Crippen molar-refractivity contribution >= 4 is 30.7 Å². The van der Waals surface area contributed by atoms with E-state index in [-0.39, 0.29) is 47.9 Å². The van der Waals surface area contributed by atoms with E-state index in [9.17, 15) is 9.59 Å². The van der Waals surface area contributed by atoms with Crippen molar-refractivity contribution in [2.45, 2.75) is 43.8 Å². The first-order valence-corrected chi connectivity index (χ1v) is 8.80. The summed E-state index contributed by atoms with van der Waals surface area (Å²) in [4.78, 5) is 34.0. The predicted octanol–water partition coefficient (Wildman–Crippen LogP) is 2.64. The van der Waals surface area contributed by atoms with E-state index in [4.69, 9.17) is 0 Å². The summed E-state index contributed by atoms with van der Waals surface area (Å²) in [6.45, 7) is 0. The number of aromatic nitrogens is 2. The summed E-state index contributed by atoms with van der Waals surface area (Å²) in [6.07, 6.45) is 5.96. The van der Waals surface area contributed by atoms with E-state index < -0.39 is 0 Å². The van der Waals surface area contributed by atoms with Gasteiger partial charge in [0, 0.05) is 31.4 Å². The lowest BCUT2D eigenvalue weighted by Gasteiger charge is -2.35. The lowest BCUT2D eigenvalue weighted by atomic mass is 9.98. The van der Waals surface area contributed by atoms with E-state index in [1.54, 1.807) is 23.2 Å². The summed E-state index contributed by atoms with van der Waals surface area (Å²) in [5, 5.41) is 3.58. The predicted molar refractivity (Wildman–Crippen MR) is 110 cm³/mol. The average Bonchev–Trinajstić information content (AvgIpc) is 2.99. The molecule has 0 radical (unpaired) electrons. The zero-order valence-corrected chi connectivity index (χ0v) is 16.7. The number of piperidine rings is 1. The Labute approximate surface area is 170 Å². The van der Waals surface area contributed by atoms with Crippen LogP contribution in [-0.4, -0.2) is 45.9 Å². The minimum absolute atomic E-state index is 0. The molecule has 2 aliphatic heterocycles. The molecule has 4 rings (SSSR count). The van der Waals surface area contributed by atoms with Crippen LogP contribution in [-0.2, 0) is 0 Å². The van der Waals surface area contributed by atoms with Gasteiger partial charge in [-0.15, -0.1) is 24.8 Å². The molecule has 2 aromatic rings. The van der Waals surface area contributed by atoms with Crippen LogP contribution >= 0.6 is 24.8 Å². The molecule has 2 fully saturated rings. The largest absolute Gasteiger partial charge is 0.338 e. The van der Waals surface area contributed by atoms with Gasteiger partial charge in [0.15, 0.2) is 0 Å². The van der Waals surface area contributed by atoms with Gasteiger partial charge in [-0.1, -0.05) is 6.07 Å². The third-order valence-electron chi connectivity index (χ3n) is 5.40. The molecule has 2 unspecified atom stereocenters. The first-order chi connectivity index (χ1) is 12.1. The summed E-state index contributed by atoms with van der Waals surface area (Å²) < 4.78 is 0. The molecule has 2 N–H and O–H groups in total. The fourth-order valence-corrected chi connectivity index (χ4v) is 4.01. The van der Waals surface area contributed by atoms with Gasteiger partial charge in [-0.2, -0.15) is 0 Å². The Morgan fingerprint density at radius 2 is 1.81 bits per heavy atom. The van der Waals surface area contributed by atoms with E-state index in [1.165, 1.54) is 12.8 Å². The lowest BCUT2D eigenvalue weighted by Crippen LogP contribution is -2.49. The second-order valence-electron chi connectivity index (χ2n) is 7.01. The molecule has 27 heavy (non-hydrogen) atoms. The number of hydrogen-bond donors (Lipinski definition) is 2. The topological polar surface area (TPSA) is 78.1 Å². The summed E-state index contributed by atoms with van der Waals surface area (Å²) in [7, 11) is 1.81. The number of hydrogen-bond acceptors (Lipinski definition) is 4. The molecular weight excluding hydrogens is 387 g/mol. The van der Waals surface area contributed by atoms with Crippen LogP contribution in [0.3, 0.4) is 0 Å².